The maximum Gasteiger partial charge on any atom is 0.471 e. The Morgan fingerprint density at radius 1 is 1.30 bits per heavy atom. The first-order chi connectivity index (χ1) is 17.3. The van der Waals surface area contributed by atoms with Crippen molar-refractivity contribution in [2.45, 2.75) is 44.3 Å². The van der Waals surface area contributed by atoms with Crippen molar-refractivity contribution in [3.05, 3.63) is 58.2 Å². The van der Waals surface area contributed by atoms with Gasteiger partial charge in [0.25, 0.3) is 5.91 Å². The zero-order chi connectivity index (χ0) is 27.5. The molecule has 0 saturated carbocycles. The molecule has 3 aliphatic rings. The second kappa shape index (κ2) is 11.3. The molecule has 3 rings (SSSR count). The van der Waals surface area contributed by atoms with Crippen LogP contribution in [-0.4, -0.2) is 66.0 Å². The lowest BCUT2D eigenvalue weighted by Gasteiger charge is -2.29. The fraction of sp³-hybridized carbons (Fsp3) is 0.478. The molecule has 2 aliphatic heterocycles. The van der Waals surface area contributed by atoms with Gasteiger partial charge in [-0.25, -0.2) is 17.8 Å². The number of unbranched alkanes of at least 4 members (excludes halogenated alkanes) is 1. The highest BCUT2D eigenvalue weighted by Gasteiger charge is 2.40. The fourth-order valence-corrected chi connectivity index (χ4v) is 5.62. The number of alkyl halides is 3. The molecule has 1 aliphatic carbocycles. The van der Waals surface area contributed by atoms with E-state index in [4.69, 9.17) is 4.74 Å². The maximum atomic E-state index is 13.5. The van der Waals surface area contributed by atoms with Crippen LogP contribution in [0.1, 0.15) is 32.6 Å². The molecule has 2 heterocycles. The van der Waals surface area contributed by atoms with E-state index in [9.17, 15) is 35.0 Å². The summed E-state index contributed by atoms with van der Waals surface area (Å²) < 4.78 is 94.6. The van der Waals surface area contributed by atoms with Crippen LogP contribution in [0.3, 0.4) is 0 Å². The van der Waals surface area contributed by atoms with E-state index in [-0.39, 0.29) is 43.0 Å². The van der Waals surface area contributed by atoms with Gasteiger partial charge in [0.05, 0.1) is 11.8 Å². The Labute approximate surface area is 215 Å². The highest BCUT2D eigenvalue weighted by molar-refractivity contribution is 7.89. The standard InChI is InChI=1S/C23H27F4N3O5S2/c1-4-14-13-17-18(21(31)28-2)19(15-7-9-16(24)10-8-15)35-22(17)29-20(14)30(37(3,33)34)11-5-6-12-36(32)23(25,26)27/h7,9-10,13,22H,4-6,8,11-12H2,1-3H3,(H,28,31). The lowest BCUT2D eigenvalue weighted by atomic mass is 9.96. The summed E-state index contributed by atoms with van der Waals surface area (Å²) in [6.45, 7) is 1.58. The number of halogens is 4. The summed E-state index contributed by atoms with van der Waals surface area (Å²) in [7, 11) is -5.47. The van der Waals surface area contributed by atoms with Crippen molar-refractivity contribution in [1.29, 1.82) is 0 Å². The van der Waals surface area contributed by atoms with Gasteiger partial charge in [-0.05, 0) is 55.1 Å². The molecular weight excluding hydrogens is 538 g/mol. The third kappa shape index (κ3) is 6.58. The number of amidine groups is 1. The molecule has 1 amide bonds. The summed E-state index contributed by atoms with van der Waals surface area (Å²) in [6, 6.07) is 0. The smallest absolute Gasteiger partial charge is 0.463 e. The number of rotatable bonds is 8. The third-order valence-electron chi connectivity index (χ3n) is 5.79. The Bertz CT molecular complexity index is 1280. The summed E-state index contributed by atoms with van der Waals surface area (Å²) in [5, 5.41) is 2.55. The van der Waals surface area contributed by atoms with Crippen LogP contribution in [-0.2, 0) is 30.4 Å². The van der Waals surface area contributed by atoms with E-state index in [1.165, 1.54) is 25.3 Å². The first-order valence-electron chi connectivity index (χ1n) is 11.4. The molecular formula is C23H27F4N3O5S2. The quantitative estimate of drug-likeness (QED) is 0.358. The number of amides is 1. The molecule has 2 unspecified atom stereocenters. The number of ether oxygens (including phenoxy) is 1. The molecule has 0 aromatic rings. The molecule has 37 heavy (non-hydrogen) atoms. The minimum Gasteiger partial charge on any atom is -0.463 e. The predicted octanol–water partition coefficient (Wildman–Crippen LogP) is 3.51. The molecule has 0 bridgehead atoms. The maximum absolute atomic E-state index is 13.5. The summed E-state index contributed by atoms with van der Waals surface area (Å²) in [6.07, 6.45) is 6.00. The molecule has 0 aromatic carbocycles. The molecule has 0 radical (unpaired) electrons. The van der Waals surface area contributed by atoms with Gasteiger partial charge in [-0.1, -0.05) is 13.0 Å². The Kier molecular flexibility index (Phi) is 8.83. The SMILES string of the molecule is CCC1=CC2=C(C(=O)NC)C(=C3C=CC(F)=CC3)OC2N=C1N(CCCCS(=O)C(F)(F)F)S(C)(=O)=O. The van der Waals surface area contributed by atoms with E-state index in [0.717, 1.165) is 10.6 Å². The van der Waals surface area contributed by atoms with E-state index in [1.54, 1.807) is 13.0 Å². The van der Waals surface area contributed by atoms with Crippen LogP contribution in [0.2, 0.25) is 0 Å². The fourth-order valence-electron chi connectivity index (χ4n) is 3.98. The van der Waals surface area contributed by atoms with Gasteiger partial charge < -0.3 is 10.1 Å². The first-order valence-corrected chi connectivity index (χ1v) is 14.6. The summed E-state index contributed by atoms with van der Waals surface area (Å²) in [4.78, 5) is 17.3. The largest absolute Gasteiger partial charge is 0.471 e. The van der Waals surface area contributed by atoms with Crippen molar-refractivity contribution in [2.24, 2.45) is 4.99 Å². The van der Waals surface area contributed by atoms with Crippen LogP contribution in [0.5, 0.6) is 0 Å². The number of dihydropyridines is 1. The van der Waals surface area contributed by atoms with Crippen molar-refractivity contribution < 1.29 is 39.7 Å². The van der Waals surface area contributed by atoms with E-state index >= 15 is 0 Å². The van der Waals surface area contributed by atoms with E-state index in [2.05, 4.69) is 10.3 Å². The van der Waals surface area contributed by atoms with Gasteiger partial charge in [0, 0.05) is 24.9 Å². The van der Waals surface area contributed by atoms with Gasteiger partial charge in [-0.3, -0.25) is 13.3 Å². The normalized spacial score (nSPS) is 22.6. The number of hydrogen-bond donors (Lipinski definition) is 1. The van der Waals surface area contributed by atoms with Crippen molar-refractivity contribution in [2.75, 3.05) is 25.6 Å². The Morgan fingerprint density at radius 3 is 2.54 bits per heavy atom. The molecule has 0 spiro atoms. The predicted molar refractivity (Wildman–Crippen MR) is 132 cm³/mol. The highest BCUT2D eigenvalue weighted by atomic mass is 32.2. The average molecular weight is 566 g/mol. The molecule has 0 fully saturated rings. The average Bonchev–Trinajstić information content (AvgIpc) is 3.19. The number of allylic oxidation sites excluding steroid dienone is 5. The van der Waals surface area contributed by atoms with Crippen molar-refractivity contribution in [3.8, 4) is 0 Å². The minimum atomic E-state index is -4.82. The molecule has 2 atom stereocenters. The van der Waals surface area contributed by atoms with E-state index < -0.39 is 50.0 Å². The number of hydrogen-bond acceptors (Lipinski definition) is 6. The van der Waals surface area contributed by atoms with Crippen molar-refractivity contribution in [1.82, 2.24) is 9.62 Å². The van der Waals surface area contributed by atoms with Crippen LogP contribution < -0.4 is 5.32 Å². The van der Waals surface area contributed by atoms with Gasteiger partial charge in [0.15, 0.2) is 0 Å². The van der Waals surface area contributed by atoms with Gasteiger partial charge in [0.1, 0.15) is 28.2 Å². The van der Waals surface area contributed by atoms with Crippen molar-refractivity contribution in [3.63, 3.8) is 0 Å². The summed E-state index contributed by atoms with van der Waals surface area (Å²) in [5.74, 6) is -1.26. The number of fused-ring (bicyclic) bond motifs is 1. The molecule has 14 heteroatoms. The number of carbonyl (C=O) groups excluding carboxylic acids is 1. The van der Waals surface area contributed by atoms with Crippen molar-refractivity contribution >= 4 is 32.6 Å². The zero-order valence-electron chi connectivity index (χ0n) is 20.4. The lowest BCUT2D eigenvalue weighted by molar-refractivity contribution is -0.116. The number of sulfonamides is 1. The van der Waals surface area contributed by atoms with Crippen LogP contribution in [0.15, 0.2) is 63.2 Å². The molecule has 0 saturated heterocycles. The van der Waals surface area contributed by atoms with Gasteiger partial charge in [-0.2, -0.15) is 13.2 Å². The Balaban J connectivity index is 1.95. The van der Waals surface area contributed by atoms with Crippen LogP contribution >= 0.6 is 0 Å². The third-order valence-corrected chi connectivity index (χ3v) is 8.12. The number of nitrogens with zero attached hydrogens (tertiary/aromatic N) is 2. The van der Waals surface area contributed by atoms with Gasteiger partial charge in [-0.15, -0.1) is 0 Å². The highest BCUT2D eigenvalue weighted by Crippen LogP contribution is 2.40. The topological polar surface area (TPSA) is 105 Å². The molecule has 0 aromatic heterocycles. The summed E-state index contributed by atoms with van der Waals surface area (Å²) >= 11 is 0. The number of carbonyl (C=O) groups is 1. The van der Waals surface area contributed by atoms with E-state index in [0.29, 0.717) is 23.1 Å². The molecule has 1 N–H and O–H groups in total. The lowest BCUT2D eigenvalue weighted by Crippen LogP contribution is -2.40. The number of likely N-dealkylation sites (N-methyl/N-ethyl adjacent to an activating group) is 1. The van der Waals surface area contributed by atoms with Crippen LogP contribution in [0, 0.1) is 0 Å². The monoisotopic (exact) mass is 565 g/mol. The van der Waals surface area contributed by atoms with Crippen LogP contribution in [0.25, 0.3) is 0 Å². The minimum absolute atomic E-state index is 0.0145. The van der Waals surface area contributed by atoms with Gasteiger partial charge >= 0.3 is 5.51 Å². The number of aliphatic imine (C=N–C) groups is 1. The second-order valence-corrected chi connectivity index (χ2v) is 11.8. The van der Waals surface area contributed by atoms with E-state index in [1.807, 2.05) is 0 Å². The first kappa shape index (κ1) is 28.8. The Hall–Kier alpha value is -2.74. The van der Waals surface area contributed by atoms with Crippen LogP contribution in [0.4, 0.5) is 17.6 Å². The molecule has 204 valence electrons. The van der Waals surface area contributed by atoms with Gasteiger partial charge in [0.2, 0.25) is 16.3 Å². The second-order valence-electron chi connectivity index (χ2n) is 8.37. The Morgan fingerprint density at radius 2 is 2.00 bits per heavy atom. The number of nitrogens with one attached hydrogen (secondary N) is 1. The summed E-state index contributed by atoms with van der Waals surface area (Å²) in [5.41, 5.74) is -3.18. The molecule has 8 nitrogen and oxygen atoms in total. The zero-order valence-corrected chi connectivity index (χ0v) is 22.0.